The minimum atomic E-state index is -4.78. The third kappa shape index (κ3) is 3.98. The number of benzene rings is 1. The zero-order valence-electron chi connectivity index (χ0n) is 19.7. The van der Waals surface area contributed by atoms with Gasteiger partial charge in [0.15, 0.2) is 17.2 Å². The lowest BCUT2D eigenvalue weighted by Gasteiger charge is -2.32. The summed E-state index contributed by atoms with van der Waals surface area (Å²) >= 11 is 0. The molecule has 1 fully saturated rings. The van der Waals surface area contributed by atoms with Crippen molar-refractivity contribution >= 4 is 5.91 Å². The maximum atomic E-state index is 14.6. The fraction of sp³-hybridized carbons (Fsp3) is 0.375. The van der Waals surface area contributed by atoms with Crippen molar-refractivity contribution < 1.29 is 36.2 Å². The molecule has 0 radical (unpaired) electrons. The normalized spacial score (nSPS) is 24.2. The first-order valence-electron chi connectivity index (χ1n) is 10.9. The minimum absolute atomic E-state index is 0.0115. The number of carbonyl (C=O) groups is 1. The van der Waals surface area contributed by atoms with Gasteiger partial charge in [0.05, 0.1) is 12.8 Å². The molecular weight excluding hydrogens is 487 g/mol. The Hall–Kier alpha value is -3.54. The first-order chi connectivity index (χ1) is 16.8. The molecule has 36 heavy (non-hydrogen) atoms. The van der Waals surface area contributed by atoms with Crippen LogP contribution in [0.25, 0.3) is 11.3 Å². The van der Waals surface area contributed by atoms with Crippen LogP contribution in [0.3, 0.4) is 0 Å². The van der Waals surface area contributed by atoms with Crippen molar-refractivity contribution in [2.45, 2.75) is 44.6 Å². The molecule has 1 aromatic carbocycles. The van der Waals surface area contributed by atoms with Crippen LogP contribution in [-0.2, 0) is 4.74 Å². The van der Waals surface area contributed by atoms with Crippen molar-refractivity contribution in [3.05, 3.63) is 64.9 Å². The van der Waals surface area contributed by atoms with Crippen LogP contribution in [0, 0.1) is 24.5 Å². The summed E-state index contributed by atoms with van der Waals surface area (Å²) in [6, 6.07) is 4.99. The molecule has 1 aliphatic heterocycles. The lowest BCUT2D eigenvalue weighted by Crippen LogP contribution is -2.46. The molecule has 0 saturated carbocycles. The number of imidazole rings is 1. The van der Waals surface area contributed by atoms with Gasteiger partial charge in [-0.15, -0.1) is 0 Å². The molecule has 4 atom stereocenters. The van der Waals surface area contributed by atoms with Gasteiger partial charge in [-0.05, 0) is 32.0 Å². The number of rotatable bonds is 5. The van der Waals surface area contributed by atoms with E-state index in [9.17, 15) is 26.7 Å². The molecular formula is C24H23F5N4O3. The maximum absolute atomic E-state index is 14.6. The van der Waals surface area contributed by atoms with Gasteiger partial charge in [0, 0.05) is 34.9 Å². The predicted molar refractivity (Wildman–Crippen MR) is 118 cm³/mol. The van der Waals surface area contributed by atoms with Gasteiger partial charge in [0.1, 0.15) is 17.6 Å². The Morgan fingerprint density at radius 3 is 2.56 bits per heavy atom. The van der Waals surface area contributed by atoms with Crippen LogP contribution >= 0.6 is 0 Å². The SMILES string of the molecule is COc1c([C@H]2[C@H](c3nc(-c4ccnc(C(N)=O)c4)c(C)[nH]3)O[C@@](C)(C(F)(F)F)[C@H]2C)ccc(F)c1F. The number of H-pyrrole nitrogens is 1. The van der Waals surface area contributed by atoms with Crippen LogP contribution in [0.4, 0.5) is 22.0 Å². The van der Waals surface area contributed by atoms with Crippen LogP contribution in [0.15, 0.2) is 30.5 Å². The Kier molecular flexibility index (Phi) is 6.27. The van der Waals surface area contributed by atoms with Crippen molar-refractivity contribution in [2.24, 2.45) is 11.7 Å². The second kappa shape index (κ2) is 8.84. The van der Waals surface area contributed by atoms with Crippen LogP contribution in [0.5, 0.6) is 5.75 Å². The van der Waals surface area contributed by atoms with Crippen molar-refractivity contribution in [1.82, 2.24) is 15.0 Å². The number of ether oxygens (including phenoxy) is 2. The topological polar surface area (TPSA) is 103 Å². The smallest absolute Gasteiger partial charge is 0.417 e. The Bertz CT molecular complexity index is 1330. The molecule has 192 valence electrons. The minimum Gasteiger partial charge on any atom is -0.493 e. The monoisotopic (exact) mass is 510 g/mol. The summed E-state index contributed by atoms with van der Waals surface area (Å²) in [5.74, 6) is -6.09. The average molecular weight is 510 g/mol. The molecule has 3 N–H and O–H groups in total. The number of methoxy groups -OCH3 is 1. The van der Waals surface area contributed by atoms with Gasteiger partial charge in [0.25, 0.3) is 5.91 Å². The van der Waals surface area contributed by atoms with E-state index in [4.69, 9.17) is 15.2 Å². The molecule has 3 aromatic rings. The second-order valence-corrected chi connectivity index (χ2v) is 8.83. The molecule has 1 amide bonds. The van der Waals surface area contributed by atoms with Crippen LogP contribution in [-0.4, -0.2) is 39.7 Å². The summed E-state index contributed by atoms with van der Waals surface area (Å²) in [5, 5.41) is 0. The van der Waals surface area contributed by atoms with Crippen molar-refractivity contribution in [3.8, 4) is 17.0 Å². The average Bonchev–Trinajstić information content (AvgIpc) is 3.33. The fourth-order valence-corrected chi connectivity index (χ4v) is 4.66. The number of halogens is 5. The van der Waals surface area contributed by atoms with E-state index in [2.05, 4.69) is 15.0 Å². The number of aryl methyl sites for hydroxylation is 1. The molecule has 0 spiro atoms. The van der Waals surface area contributed by atoms with Crippen LogP contribution in [0.2, 0.25) is 0 Å². The number of hydrogen-bond acceptors (Lipinski definition) is 5. The van der Waals surface area contributed by atoms with Gasteiger partial charge < -0.3 is 20.2 Å². The van der Waals surface area contributed by atoms with Crippen LogP contribution < -0.4 is 10.5 Å². The Labute approximate surface area is 202 Å². The van der Waals surface area contributed by atoms with Crippen molar-refractivity contribution in [1.29, 1.82) is 0 Å². The molecule has 1 aliphatic rings. The summed E-state index contributed by atoms with van der Waals surface area (Å²) in [6.45, 7) is 3.89. The van der Waals surface area contributed by atoms with E-state index in [-0.39, 0.29) is 17.1 Å². The summed E-state index contributed by atoms with van der Waals surface area (Å²) in [4.78, 5) is 22.8. The number of aromatic nitrogens is 3. The Morgan fingerprint density at radius 1 is 1.25 bits per heavy atom. The van der Waals surface area contributed by atoms with E-state index in [0.29, 0.717) is 17.0 Å². The maximum Gasteiger partial charge on any atom is 0.417 e. The first kappa shape index (κ1) is 25.5. The lowest BCUT2D eigenvalue weighted by atomic mass is 9.77. The highest BCUT2D eigenvalue weighted by atomic mass is 19.4. The van der Waals surface area contributed by atoms with Crippen molar-refractivity contribution in [3.63, 3.8) is 0 Å². The largest absolute Gasteiger partial charge is 0.493 e. The number of nitrogens with two attached hydrogens (primary N) is 1. The third-order valence-corrected chi connectivity index (χ3v) is 6.77. The number of carbonyl (C=O) groups excluding carboxylic acids is 1. The second-order valence-electron chi connectivity index (χ2n) is 8.83. The number of primary amides is 1. The van der Waals surface area contributed by atoms with E-state index >= 15 is 0 Å². The summed E-state index contributed by atoms with van der Waals surface area (Å²) < 4.78 is 81.7. The summed E-state index contributed by atoms with van der Waals surface area (Å²) in [5.41, 5.74) is 3.92. The highest BCUT2D eigenvalue weighted by Crippen LogP contribution is 2.59. The molecule has 2 aromatic heterocycles. The number of nitrogens with zero attached hydrogens (tertiary/aromatic N) is 2. The number of pyridine rings is 1. The van der Waals surface area contributed by atoms with E-state index in [1.807, 2.05) is 0 Å². The highest BCUT2D eigenvalue weighted by Gasteiger charge is 2.65. The molecule has 3 heterocycles. The molecule has 4 rings (SSSR count). The predicted octanol–water partition coefficient (Wildman–Crippen LogP) is 4.98. The summed E-state index contributed by atoms with van der Waals surface area (Å²) in [7, 11) is 1.11. The number of alkyl halides is 3. The highest BCUT2D eigenvalue weighted by molar-refractivity contribution is 5.91. The Balaban J connectivity index is 1.88. The molecule has 12 heteroatoms. The van der Waals surface area contributed by atoms with E-state index in [1.54, 1.807) is 13.0 Å². The molecule has 0 aliphatic carbocycles. The van der Waals surface area contributed by atoms with E-state index in [1.165, 1.54) is 25.3 Å². The van der Waals surface area contributed by atoms with E-state index in [0.717, 1.165) is 20.1 Å². The van der Waals surface area contributed by atoms with Gasteiger partial charge in [0.2, 0.25) is 5.82 Å². The van der Waals surface area contributed by atoms with E-state index < -0.39 is 53.0 Å². The third-order valence-electron chi connectivity index (χ3n) is 6.77. The summed E-state index contributed by atoms with van der Waals surface area (Å²) in [6.07, 6.45) is -4.75. The molecule has 1 saturated heterocycles. The molecule has 7 nitrogen and oxygen atoms in total. The zero-order valence-corrected chi connectivity index (χ0v) is 19.7. The number of nitrogens with one attached hydrogen (secondary N) is 1. The molecule has 0 bridgehead atoms. The zero-order chi connectivity index (χ0) is 26.6. The number of aromatic amines is 1. The quantitative estimate of drug-likeness (QED) is 0.472. The van der Waals surface area contributed by atoms with Gasteiger partial charge in [-0.25, -0.2) is 9.37 Å². The van der Waals surface area contributed by atoms with Gasteiger partial charge >= 0.3 is 6.18 Å². The standard InChI is InChI=1S/C24H23F5N4O3/c1-10-16(13-5-6-14(25)17(26)19(13)35-4)20(36-23(10,3)24(27,28)29)22-32-11(2)18(33-22)12-7-8-31-15(9-12)21(30)34/h5-10,16,20H,1-4H3,(H2,30,34)(H,32,33)/t10-,16-,20+,23+/m0/s1. The van der Waals surface area contributed by atoms with Crippen LogP contribution in [0.1, 0.15) is 53.4 Å². The molecule has 0 unspecified atom stereocenters. The number of amides is 1. The number of hydrogen-bond donors (Lipinski definition) is 2. The van der Waals surface area contributed by atoms with Gasteiger partial charge in [-0.1, -0.05) is 13.0 Å². The van der Waals surface area contributed by atoms with Crippen molar-refractivity contribution in [2.75, 3.05) is 7.11 Å². The fourth-order valence-electron chi connectivity index (χ4n) is 4.66. The van der Waals surface area contributed by atoms with Gasteiger partial charge in [-0.3, -0.25) is 9.78 Å². The van der Waals surface area contributed by atoms with Gasteiger partial charge in [-0.2, -0.15) is 17.6 Å². The first-order valence-corrected chi connectivity index (χ1v) is 10.9. The Morgan fingerprint density at radius 2 is 1.94 bits per heavy atom. The lowest BCUT2D eigenvalue weighted by molar-refractivity contribution is -0.275.